The van der Waals surface area contributed by atoms with Crippen LogP contribution in [0.1, 0.15) is 26.3 Å². The number of carboxylic acids is 1. The van der Waals surface area contributed by atoms with Crippen LogP contribution in [-0.2, 0) is 0 Å². The number of nitrogen functional groups attached to an aromatic ring is 1. The molecule has 2 aromatic rings. The third-order valence-corrected chi connectivity index (χ3v) is 2.88. The maximum atomic E-state index is 12.1. The second kappa shape index (κ2) is 5.44. The summed E-state index contributed by atoms with van der Waals surface area (Å²) in [6, 6.07) is 11.4. The Morgan fingerprint density at radius 1 is 1.15 bits per heavy atom. The van der Waals surface area contributed by atoms with E-state index in [1.807, 2.05) is 0 Å². The molecule has 2 rings (SSSR count). The normalized spacial score (nSPS) is 10.1. The van der Waals surface area contributed by atoms with E-state index in [1.165, 1.54) is 6.07 Å². The number of anilines is 2. The molecule has 4 N–H and O–H groups in total. The van der Waals surface area contributed by atoms with Crippen molar-refractivity contribution in [2.75, 3.05) is 11.1 Å². The fourth-order valence-electron chi connectivity index (χ4n) is 1.93. The van der Waals surface area contributed by atoms with E-state index >= 15 is 0 Å². The summed E-state index contributed by atoms with van der Waals surface area (Å²) in [7, 11) is 0. The summed E-state index contributed by atoms with van der Waals surface area (Å²) >= 11 is 0. The molecule has 0 atom stereocenters. The Morgan fingerprint density at radius 3 is 2.50 bits per heavy atom. The van der Waals surface area contributed by atoms with Gasteiger partial charge in [0.1, 0.15) is 0 Å². The van der Waals surface area contributed by atoms with Crippen molar-refractivity contribution >= 4 is 23.3 Å². The Balaban J connectivity index is 2.33. The van der Waals surface area contributed by atoms with Crippen molar-refractivity contribution in [3.05, 3.63) is 59.2 Å². The largest absolute Gasteiger partial charge is 0.478 e. The second-order valence-corrected chi connectivity index (χ2v) is 4.38. The Hall–Kier alpha value is -2.82. The summed E-state index contributed by atoms with van der Waals surface area (Å²) in [5.41, 5.74) is 7.41. The SMILES string of the molecule is Cc1cccc(NC(=O)c2cccc(N)c2)c1C(=O)O. The Morgan fingerprint density at radius 2 is 1.85 bits per heavy atom. The topological polar surface area (TPSA) is 92.4 Å². The van der Waals surface area contributed by atoms with Crippen molar-refractivity contribution in [1.29, 1.82) is 0 Å². The van der Waals surface area contributed by atoms with Crippen LogP contribution in [0, 0.1) is 6.92 Å². The van der Waals surface area contributed by atoms with E-state index in [4.69, 9.17) is 5.73 Å². The third kappa shape index (κ3) is 2.77. The van der Waals surface area contributed by atoms with E-state index in [1.54, 1.807) is 43.3 Å². The maximum absolute atomic E-state index is 12.1. The standard InChI is InChI=1S/C15H14N2O3/c1-9-4-2-7-12(13(9)15(19)20)17-14(18)10-5-3-6-11(16)8-10/h2-8H,16H2,1H3,(H,17,18)(H,19,20). The van der Waals surface area contributed by atoms with Crippen LogP contribution < -0.4 is 11.1 Å². The van der Waals surface area contributed by atoms with Gasteiger partial charge in [0.05, 0.1) is 11.3 Å². The number of aromatic carboxylic acids is 1. The summed E-state index contributed by atoms with van der Waals surface area (Å²) in [5.74, 6) is -1.48. The Kier molecular flexibility index (Phi) is 3.70. The minimum absolute atomic E-state index is 0.0877. The number of carboxylic acid groups (broad SMARTS) is 1. The number of carbonyl (C=O) groups is 2. The molecule has 0 saturated carbocycles. The number of benzene rings is 2. The summed E-state index contributed by atoms with van der Waals surface area (Å²) in [4.78, 5) is 23.3. The quantitative estimate of drug-likeness (QED) is 0.747. The van der Waals surface area contributed by atoms with Crippen LogP contribution in [0.4, 0.5) is 11.4 Å². The van der Waals surface area contributed by atoms with E-state index in [0.29, 0.717) is 16.8 Å². The molecule has 0 spiro atoms. The van der Waals surface area contributed by atoms with Gasteiger partial charge < -0.3 is 16.2 Å². The summed E-state index contributed by atoms with van der Waals surface area (Å²) in [5, 5.41) is 11.8. The predicted molar refractivity (Wildman–Crippen MR) is 76.9 cm³/mol. The minimum atomic E-state index is -1.08. The maximum Gasteiger partial charge on any atom is 0.338 e. The van der Waals surface area contributed by atoms with Crippen LogP contribution >= 0.6 is 0 Å². The molecular formula is C15H14N2O3. The zero-order valence-corrected chi connectivity index (χ0v) is 10.9. The molecule has 2 aromatic carbocycles. The average molecular weight is 270 g/mol. The van der Waals surface area contributed by atoms with Crippen LogP contribution in [0.3, 0.4) is 0 Å². The Bertz CT molecular complexity index is 681. The second-order valence-electron chi connectivity index (χ2n) is 4.38. The van der Waals surface area contributed by atoms with Gasteiger partial charge in [0.2, 0.25) is 0 Å². The van der Waals surface area contributed by atoms with Crippen molar-refractivity contribution in [2.45, 2.75) is 6.92 Å². The molecule has 0 radical (unpaired) electrons. The first-order valence-electron chi connectivity index (χ1n) is 5.99. The molecule has 0 aliphatic carbocycles. The first-order valence-corrected chi connectivity index (χ1v) is 5.99. The van der Waals surface area contributed by atoms with Crippen LogP contribution in [-0.4, -0.2) is 17.0 Å². The smallest absolute Gasteiger partial charge is 0.338 e. The third-order valence-electron chi connectivity index (χ3n) is 2.88. The molecule has 1 amide bonds. The highest BCUT2D eigenvalue weighted by molar-refractivity contribution is 6.08. The van der Waals surface area contributed by atoms with Gasteiger partial charge in [0.25, 0.3) is 5.91 Å². The average Bonchev–Trinajstić information content (AvgIpc) is 2.38. The highest BCUT2D eigenvalue weighted by atomic mass is 16.4. The summed E-state index contributed by atoms with van der Waals surface area (Å²) in [6.07, 6.45) is 0. The van der Waals surface area contributed by atoms with Crippen LogP contribution in [0.5, 0.6) is 0 Å². The molecule has 0 aliphatic rings. The molecule has 5 heteroatoms. The first kappa shape index (κ1) is 13.6. The van der Waals surface area contributed by atoms with Crippen molar-refractivity contribution in [2.24, 2.45) is 0 Å². The lowest BCUT2D eigenvalue weighted by molar-refractivity contribution is 0.0697. The molecule has 20 heavy (non-hydrogen) atoms. The van der Waals surface area contributed by atoms with Gasteiger partial charge in [0, 0.05) is 11.3 Å². The number of carbonyl (C=O) groups excluding carboxylic acids is 1. The van der Waals surface area contributed by atoms with E-state index in [-0.39, 0.29) is 11.3 Å². The van der Waals surface area contributed by atoms with E-state index in [2.05, 4.69) is 5.32 Å². The van der Waals surface area contributed by atoms with Gasteiger partial charge in [-0.05, 0) is 36.8 Å². The van der Waals surface area contributed by atoms with Gasteiger partial charge >= 0.3 is 5.97 Å². The van der Waals surface area contributed by atoms with Crippen molar-refractivity contribution in [3.63, 3.8) is 0 Å². The highest BCUT2D eigenvalue weighted by Crippen LogP contribution is 2.20. The van der Waals surface area contributed by atoms with E-state index < -0.39 is 11.9 Å². The molecule has 0 aliphatic heterocycles. The number of hydrogen-bond acceptors (Lipinski definition) is 3. The van der Waals surface area contributed by atoms with Crippen molar-refractivity contribution in [1.82, 2.24) is 0 Å². The minimum Gasteiger partial charge on any atom is -0.478 e. The van der Waals surface area contributed by atoms with E-state index in [9.17, 15) is 14.7 Å². The number of amides is 1. The molecule has 0 fully saturated rings. The number of aryl methyl sites for hydroxylation is 1. The molecule has 0 bridgehead atoms. The Labute approximate surface area is 116 Å². The van der Waals surface area contributed by atoms with Crippen LogP contribution in [0.2, 0.25) is 0 Å². The summed E-state index contributed by atoms with van der Waals surface area (Å²) < 4.78 is 0. The number of nitrogens with one attached hydrogen (secondary N) is 1. The first-order chi connectivity index (χ1) is 9.49. The lowest BCUT2D eigenvalue weighted by Crippen LogP contribution is -2.15. The van der Waals surface area contributed by atoms with Gasteiger partial charge in [-0.25, -0.2) is 4.79 Å². The van der Waals surface area contributed by atoms with Gasteiger partial charge in [-0.2, -0.15) is 0 Å². The highest BCUT2D eigenvalue weighted by Gasteiger charge is 2.15. The lowest BCUT2D eigenvalue weighted by atomic mass is 10.1. The van der Waals surface area contributed by atoms with Crippen molar-refractivity contribution < 1.29 is 14.7 Å². The molecule has 0 unspecified atom stereocenters. The van der Waals surface area contributed by atoms with E-state index in [0.717, 1.165) is 0 Å². The van der Waals surface area contributed by atoms with Crippen molar-refractivity contribution in [3.8, 4) is 0 Å². The fourth-order valence-corrected chi connectivity index (χ4v) is 1.93. The number of rotatable bonds is 3. The lowest BCUT2D eigenvalue weighted by Gasteiger charge is -2.10. The van der Waals surface area contributed by atoms with Crippen LogP contribution in [0.15, 0.2) is 42.5 Å². The molecule has 0 heterocycles. The molecule has 5 nitrogen and oxygen atoms in total. The molecule has 102 valence electrons. The molecule has 0 saturated heterocycles. The molecule has 0 aromatic heterocycles. The van der Waals surface area contributed by atoms with Gasteiger partial charge in [-0.1, -0.05) is 18.2 Å². The number of nitrogens with two attached hydrogens (primary N) is 1. The summed E-state index contributed by atoms with van der Waals surface area (Å²) in [6.45, 7) is 1.68. The van der Waals surface area contributed by atoms with Gasteiger partial charge in [-0.15, -0.1) is 0 Å². The monoisotopic (exact) mass is 270 g/mol. The predicted octanol–water partition coefficient (Wildman–Crippen LogP) is 2.53. The van der Waals surface area contributed by atoms with Gasteiger partial charge in [0.15, 0.2) is 0 Å². The molecular weight excluding hydrogens is 256 g/mol. The number of hydrogen-bond donors (Lipinski definition) is 3. The fraction of sp³-hybridized carbons (Fsp3) is 0.0667. The van der Waals surface area contributed by atoms with Gasteiger partial charge in [-0.3, -0.25) is 4.79 Å². The van der Waals surface area contributed by atoms with Crippen LogP contribution in [0.25, 0.3) is 0 Å². The zero-order chi connectivity index (χ0) is 14.7. The zero-order valence-electron chi connectivity index (χ0n) is 10.9.